The van der Waals surface area contributed by atoms with Crippen molar-refractivity contribution in [3.63, 3.8) is 0 Å². The number of guanidine groups is 1. The van der Waals surface area contributed by atoms with E-state index in [0.29, 0.717) is 25.1 Å². The van der Waals surface area contributed by atoms with Gasteiger partial charge in [-0.3, -0.25) is 4.90 Å². The van der Waals surface area contributed by atoms with Gasteiger partial charge in [0.15, 0.2) is 5.96 Å². The van der Waals surface area contributed by atoms with Crippen LogP contribution in [0.4, 0.5) is 0 Å². The van der Waals surface area contributed by atoms with Crippen molar-refractivity contribution in [3.05, 3.63) is 42.5 Å². The van der Waals surface area contributed by atoms with Crippen molar-refractivity contribution in [1.29, 1.82) is 0 Å². The van der Waals surface area contributed by atoms with Gasteiger partial charge in [-0.25, -0.2) is 4.99 Å². The third kappa shape index (κ3) is 8.92. The van der Waals surface area contributed by atoms with Gasteiger partial charge in [0.1, 0.15) is 12.4 Å². The van der Waals surface area contributed by atoms with E-state index in [9.17, 15) is 0 Å². The van der Waals surface area contributed by atoms with Crippen molar-refractivity contribution in [2.45, 2.75) is 33.4 Å². The molecule has 2 rings (SSSR count). The molecule has 0 spiro atoms. The van der Waals surface area contributed by atoms with Crippen molar-refractivity contribution in [2.75, 3.05) is 46.0 Å². The fourth-order valence-corrected chi connectivity index (χ4v) is 3.33. The molecule has 1 heterocycles. The van der Waals surface area contributed by atoms with Gasteiger partial charge in [0.2, 0.25) is 0 Å². The summed E-state index contributed by atoms with van der Waals surface area (Å²) < 4.78 is 11.2. The first kappa shape index (κ1) is 25.7. The summed E-state index contributed by atoms with van der Waals surface area (Å²) >= 11 is 0. The van der Waals surface area contributed by atoms with Crippen LogP contribution in [-0.4, -0.2) is 62.9 Å². The van der Waals surface area contributed by atoms with Crippen molar-refractivity contribution < 1.29 is 9.47 Å². The Morgan fingerprint density at radius 1 is 1.28 bits per heavy atom. The number of ether oxygens (including phenoxy) is 2. The normalized spacial score (nSPS) is 16.1. The number of nitrogens with zero attached hydrogens (tertiary/aromatic N) is 2. The van der Waals surface area contributed by atoms with E-state index in [1.807, 2.05) is 18.2 Å². The second-order valence-electron chi connectivity index (χ2n) is 7.24. The summed E-state index contributed by atoms with van der Waals surface area (Å²) in [6.45, 7) is 16.7. The highest BCUT2D eigenvalue weighted by atomic mass is 127. The van der Waals surface area contributed by atoms with Crippen molar-refractivity contribution in [1.82, 2.24) is 15.5 Å². The number of rotatable bonds is 10. The molecule has 7 heteroatoms. The Morgan fingerprint density at radius 3 is 2.66 bits per heavy atom. The van der Waals surface area contributed by atoms with Crippen LogP contribution < -0.4 is 15.4 Å². The molecule has 1 aliphatic heterocycles. The Bertz CT molecular complexity index is 619. The molecule has 1 aromatic rings. The first-order chi connectivity index (χ1) is 13.7. The highest BCUT2D eigenvalue weighted by Gasteiger charge is 2.23. The number of hydrogen-bond acceptors (Lipinski definition) is 4. The van der Waals surface area contributed by atoms with Crippen LogP contribution in [0.1, 0.15) is 26.3 Å². The molecule has 0 amide bonds. The number of para-hydroxylation sites is 1. The molecule has 0 aliphatic carbocycles. The van der Waals surface area contributed by atoms with Crippen LogP contribution in [0, 0.1) is 5.92 Å². The lowest BCUT2D eigenvalue weighted by atomic mass is 10.0. The minimum absolute atomic E-state index is 0. The largest absolute Gasteiger partial charge is 0.489 e. The SMILES string of the molecule is C=CCOc1ccccc1CN=C(NCC)NCC(C(C)C)N1CCOCC1.I. The number of hydrogen-bond donors (Lipinski definition) is 2. The van der Waals surface area contributed by atoms with Crippen LogP contribution in [0.5, 0.6) is 5.75 Å². The predicted molar refractivity (Wildman–Crippen MR) is 131 cm³/mol. The zero-order valence-electron chi connectivity index (χ0n) is 18.0. The predicted octanol–water partition coefficient (Wildman–Crippen LogP) is 3.28. The Balaban J connectivity index is 0.00000420. The molecule has 0 bridgehead atoms. The minimum atomic E-state index is 0. The highest BCUT2D eigenvalue weighted by molar-refractivity contribution is 14.0. The van der Waals surface area contributed by atoms with E-state index in [2.05, 4.69) is 49.0 Å². The van der Waals surface area contributed by atoms with Gasteiger partial charge in [-0.2, -0.15) is 0 Å². The molecule has 0 saturated carbocycles. The third-order valence-corrected chi connectivity index (χ3v) is 4.84. The molecule has 1 unspecified atom stereocenters. The maximum Gasteiger partial charge on any atom is 0.191 e. The Kier molecular flexibility index (Phi) is 13.0. The second kappa shape index (κ2) is 14.6. The van der Waals surface area contributed by atoms with Crippen LogP contribution in [0.2, 0.25) is 0 Å². The topological polar surface area (TPSA) is 58.1 Å². The summed E-state index contributed by atoms with van der Waals surface area (Å²) in [4.78, 5) is 7.29. The quantitative estimate of drug-likeness (QED) is 0.217. The van der Waals surface area contributed by atoms with Gasteiger partial charge in [-0.15, -0.1) is 24.0 Å². The number of halogens is 1. The molecule has 1 saturated heterocycles. The molecule has 2 N–H and O–H groups in total. The fraction of sp³-hybridized carbons (Fsp3) is 0.591. The summed E-state index contributed by atoms with van der Waals surface area (Å²) in [6.07, 6.45) is 1.75. The first-order valence-corrected chi connectivity index (χ1v) is 10.3. The number of benzene rings is 1. The van der Waals surface area contributed by atoms with E-state index >= 15 is 0 Å². The van der Waals surface area contributed by atoms with Crippen LogP contribution in [0.25, 0.3) is 0 Å². The van der Waals surface area contributed by atoms with Crippen molar-refractivity contribution in [3.8, 4) is 5.75 Å². The molecular weight excluding hydrogens is 479 g/mol. The van der Waals surface area contributed by atoms with E-state index < -0.39 is 0 Å². The van der Waals surface area contributed by atoms with Gasteiger partial charge in [-0.1, -0.05) is 44.7 Å². The summed E-state index contributed by atoms with van der Waals surface area (Å²) in [5.41, 5.74) is 1.06. The Hall–Kier alpha value is -1.32. The smallest absolute Gasteiger partial charge is 0.191 e. The fourth-order valence-electron chi connectivity index (χ4n) is 3.33. The number of morpholine rings is 1. The standard InChI is InChI=1S/C22H36N4O2.HI/c1-5-13-28-21-10-8-7-9-19(21)16-24-22(23-6-2)25-17-20(18(3)4)26-11-14-27-15-12-26;/h5,7-10,18,20H,1,6,11-17H2,2-4H3,(H2,23,24,25);1H. The maximum atomic E-state index is 5.74. The summed E-state index contributed by atoms with van der Waals surface area (Å²) in [5.74, 6) is 2.25. The third-order valence-electron chi connectivity index (χ3n) is 4.84. The van der Waals surface area contributed by atoms with E-state index in [0.717, 1.165) is 56.7 Å². The summed E-state index contributed by atoms with van der Waals surface area (Å²) in [6, 6.07) is 8.47. The Morgan fingerprint density at radius 2 is 2.00 bits per heavy atom. The number of nitrogens with one attached hydrogen (secondary N) is 2. The van der Waals surface area contributed by atoms with Crippen molar-refractivity contribution in [2.24, 2.45) is 10.9 Å². The zero-order valence-corrected chi connectivity index (χ0v) is 20.4. The molecular formula is C22H37IN4O2. The van der Waals surface area contributed by atoms with E-state index in [1.54, 1.807) is 6.08 Å². The second-order valence-corrected chi connectivity index (χ2v) is 7.24. The van der Waals surface area contributed by atoms with Gasteiger partial charge in [-0.05, 0) is 18.9 Å². The minimum Gasteiger partial charge on any atom is -0.489 e. The van der Waals surface area contributed by atoms with E-state index in [-0.39, 0.29) is 24.0 Å². The highest BCUT2D eigenvalue weighted by Crippen LogP contribution is 2.19. The average Bonchev–Trinajstić information content (AvgIpc) is 2.71. The lowest BCUT2D eigenvalue weighted by Crippen LogP contribution is -2.52. The molecule has 29 heavy (non-hydrogen) atoms. The van der Waals surface area contributed by atoms with Crippen LogP contribution in [0.3, 0.4) is 0 Å². The van der Waals surface area contributed by atoms with Crippen LogP contribution in [-0.2, 0) is 11.3 Å². The first-order valence-electron chi connectivity index (χ1n) is 10.3. The average molecular weight is 516 g/mol. The van der Waals surface area contributed by atoms with Crippen LogP contribution >= 0.6 is 24.0 Å². The molecule has 1 fully saturated rings. The summed E-state index contributed by atoms with van der Waals surface area (Å²) in [7, 11) is 0. The lowest BCUT2D eigenvalue weighted by molar-refractivity contribution is 0.00752. The molecule has 0 aromatic heterocycles. The van der Waals surface area contributed by atoms with Gasteiger partial charge < -0.3 is 20.1 Å². The lowest BCUT2D eigenvalue weighted by Gasteiger charge is -2.37. The van der Waals surface area contributed by atoms with Gasteiger partial charge in [0.05, 0.1) is 19.8 Å². The Labute approximate surface area is 193 Å². The number of aliphatic imine (C=N–C) groups is 1. The summed E-state index contributed by atoms with van der Waals surface area (Å²) in [5, 5.41) is 6.88. The maximum absolute atomic E-state index is 5.74. The van der Waals surface area contributed by atoms with Gasteiger partial charge in [0.25, 0.3) is 0 Å². The molecule has 1 aliphatic rings. The zero-order chi connectivity index (χ0) is 20.2. The molecule has 6 nitrogen and oxygen atoms in total. The molecule has 164 valence electrons. The molecule has 1 atom stereocenters. The van der Waals surface area contributed by atoms with E-state index in [4.69, 9.17) is 14.5 Å². The monoisotopic (exact) mass is 516 g/mol. The molecule has 1 aromatic carbocycles. The van der Waals surface area contributed by atoms with Crippen molar-refractivity contribution >= 4 is 29.9 Å². The molecule has 0 radical (unpaired) electrons. The van der Waals surface area contributed by atoms with Crippen LogP contribution in [0.15, 0.2) is 41.9 Å². The van der Waals surface area contributed by atoms with E-state index in [1.165, 1.54) is 0 Å². The van der Waals surface area contributed by atoms with Gasteiger partial charge >= 0.3 is 0 Å². The van der Waals surface area contributed by atoms with Gasteiger partial charge in [0, 0.05) is 37.8 Å².